The molecule has 2 nitrogen and oxygen atoms in total. The maximum Gasteiger partial charge on any atom is 0.244 e. The van der Waals surface area contributed by atoms with Crippen molar-refractivity contribution in [2.75, 3.05) is 18.0 Å². The predicted molar refractivity (Wildman–Crippen MR) is 127 cm³/mol. The van der Waals surface area contributed by atoms with E-state index < -0.39 is 0 Å². The first-order valence-electron chi connectivity index (χ1n) is 11.3. The van der Waals surface area contributed by atoms with Crippen molar-refractivity contribution in [3.63, 3.8) is 0 Å². The number of rotatable bonds is 6. The zero-order valence-corrected chi connectivity index (χ0v) is 19.7. The van der Waals surface area contributed by atoms with E-state index in [1.165, 1.54) is 33.6 Å². The highest BCUT2D eigenvalue weighted by Gasteiger charge is 2.25. The van der Waals surface area contributed by atoms with Crippen molar-refractivity contribution < 1.29 is 4.58 Å². The van der Waals surface area contributed by atoms with Crippen LogP contribution in [0.3, 0.4) is 0 Å². The summed E-state index contributed by atoms with van der Waals surface area (Å²) in [4.78, 5) is 2.43. The summed E-state index contributed by atoms with van der Waals surface area (Å²) < 4.78 is 2.43. The lowest BCUT2D eigenvalue weighted by Crippen LogP contribution is -2.18. The Morgan fingerprint density at radius 2 is 1.03 bits per heavy atom. The van der Waals surface area contributed by atoms with Gasteiger partial charge in [-0.25, -0.2) is 9.48 Å². The minimum absolute atomic E-state index is 0.544. The fourth-order valence-electron chi connectivity index (χ4n) is 3.87. The maximum atomic E-state index is 2.43. The summed E-state index contributed by atoms with van der Waals surface area (Å²) in [6.07, 6.45) is 2.31. The predicted octanol–water partition coefficient (Wildman–Crippen LogP) is 7.37. The molecule has 2 heteroatoms. The van der Waals surface area contributed by atoms with E-state index in [4.69, 9.17) is 0 Å². The molecule has 0 atom stereocenters. The molecule has 0 fully saturated rings. The SMILES string of the molecule is CC(C)c1cc(C(C)C)cc(N2C=[N+](c3cc(C(C)C)cc(C(C)C)c3)CC2)c1. The Kier molecular flexibility index (Phi) is 6.51. The lowest BCUT2D eigenvalue weighted by Gasteiger charge is -2.15. The van der Waals surface area contributed by atoms with Gasteiger partial charge in [0.25, 0.3) is 0 Å². The smallest absolute Gasteiger partial charge is 0.230 e. The van der Waals surface area contributed by atoms with E-state index in [9.17, 15) is 0 Å². The van der Waals surface area contributed by atoms with Crippen LogP contribution in [0.4, 0.5) is 11.4 Å². The highest BCUT2D eigenvalue weighted by atomic mass is 15.3. The first-order valence-corrected chi connectivity index (χ1v) is 11.3. The van der Waals surface area contributed by atoms with Crippen LogP contribution in [0.2, 0.25) is 0 Å². The Morgan fingerprint density at radius 1 is 0.621 bits per heavy atom. The van der Waals surface area contributed by atoms with Crippen LogP contribution in [0.1, 0.15) is 101 Å². The molecule has 1 aliphatic rings. The minimum atomic E-state index is 0.544. The highest BCUT2D eigenvalue weighted by molar-refractivity contribution is 5.78. The third-order valence-corrected chi connectivity index (χ3v) is 6.12. The van der Waals surface area contributed by atoms with Crippen LogP contribution >= 0.6 is 0 Å². The highest BCUT2D eigenvalue weighted by Crippen LogP contribution is 2.31. The van der Waals surface area contributed by atoms with Gasteiger partial charge < -0.3 is 0 Å². The normalized spacial score (nSPS) is 14.6. The first-order chi connectivity index (χ1) is 13.7. The third kappa shape index (κ3) is 4.91. The van der Waals surface area contributed by atoms with Crippen LogP contribution in [0.15, 0.2) is 36.4 Å². The summed E-state index contributed by atoms with van der Waals surface area (Å²) in [6, 6.07) is 14.3. The van der Waals surface area contributed by atoms with Gasteiger partial charge in [0.15, 0.2) is 0 Å². The second-order valence-electron chi connectivity index (χ2n) is 9.84. The van der Waals surface area contributed by atoms with Crippen molar-refractivity contribution in [2.24, 2.45) is 0 Å². The molecule has 0 bridgehead atoms. The Morgan fingerprint density at radius 3 is 1.45 bits per heavy atom. The number of hydrogen-bond acceptors (Lipinski definition) is 1. The van der Waals surface area contributed by atoms with E-state index in [2.05, 4.69) is 108 Å². The second-order valence-corrected chi connectivity index (χ2v) is 9.84. The van der Waals surface area contributed by atoms with Crippen LogP contribution in [0, 0.1) is 0 Å². The van der Waals surface area contributed by atoms with Crippen molar-refractivity contribution in [1.82, 2.24) is 0 Å². The number of anilines is 1. The molecule has 156 valence electrons. The Hall–Kier alpha value is -2.09. The number of benzene rings is 2. The summed E-state index contributed by atoms with van der Waals surface area (Å²) in [7, 11) is 0. The van der Waals surface area contributed by atoms with Gasteiger partial charge in [0.1, 0.15) is 24.5 Å². The zero-order valence-electron chi connectivity index (χ0n) is 19.7. The lowest BCUT2D eigenvalue weighted by molar-refractivity contribution is -0.424. The molecular formula is C27H39N2+. The number of nitrogens with zero attached hydrogens (tertiary/aromatic N) is 2. The van der Waals surface area contributed by atoms with Gasteiger partial charge in [0, 0.05) is 0 Å². The molecular weight excluding hydrogens is 352 g/mol. The molecule has 0 saturated heterocycles. The lowest BCUT2D eigenvalue weighted by atomic mass is 9.94. The van der Waals surface area contributed by atoms with E-state index in [1.54, 1.807) is 0 Å². The molecule has 0 radical (unpaired) electrons. The topological polar surface area (TPSA) is 6.25 Å². The van der Waals surface area contributed by atoms with Gasteiger partial charge in [-0.1, -0.05) is 67.5 Å². The molecule has 3 rings (SSSR count). The van der Waals surface area contributed by atoms with Crippen LogP contribution in [0.25, 0.3) is 0 Å². The molecule has 2 aromatic rings. The van der Waals surface area contributed by atoms with Gasteiger partial charge >= 0.3 is 0 Å². The van der Waals surface area contributed by atoms with Gasteiger partial charge in [-0.15, -0.1) is 0 Å². The largest absolute Gasteiger partial charge is 0.244 e. The van der Waals surface area contributed by atoms with Crippen LogP contribution in [-0.4, -0.2) is 24.0 Å². The fraction of sp³-hybridized carbons (Fsp3) is 0.519. The van der Waals surface area contributed by atoms with Crippen molar-refractivity contribution in [3.05, 3.63) is 58.7 Å². The van der Waals surface area contributed by atoms with Crippen LogP contribution in [-0.2, 0) is 0 Å². The van der Waals surface area contributed by atoms with E-state index in [1.807, 2.05) is 0 Å². The Balaban J connectivity index is 1.99. The van der Waals surface area contributed by atoms with Crippen LogP contribution < -0.4 is 4.90 Å². The van der Waals surface area contributed by atoms with Gasteiger partial charge in [0.2, 0.25) is 6.34 Å². The molecule has 0 aliphatic carbocycles. The molecule has 29 heavy (non-hydrogen) atoms. The van der Waals surface area contributed by atoms with E-state index in [0.29, 0.717) is 23.7 Å². The molecule has 1 aliphatic heterocycles. The van der Waals surface area contributed by atoms with E-state index in [0.717, 1.165) is 13.1 Å². The monoisotopic (exact) mass is 391 g/mol. The molecule has 1 heterocycles. The Bertz CT molecular complexity index is 835. The van der Waals surface area contributed by atoms with Crippen LogP contribution in [0.5, 0.6) is 0 Å². The molecule has 0 saturated carbocycles. The standard InChI is InChI=1S/C27H39N2/c1-18(2)22-11-23(19(3)4)14-26(13-22)28-9-10-29(17-28)27-15-24(20(5)6)12-25(16-27)21(7)8/h11-21H,9-10H2,1-8H3/q+1. The average molecular weight is 392 g/mol. The van der Waals surface area contributed by atoms with Crippen molar-refractivity contribution in [1.29, 1.82) is 0 Å². The molecule has 0 amide bonds. The molecule has 0 unspecified atom stereocenters. The fourth-order valence-corrected chi connectivity index (χ4v) is 3.87. The quantitative estimate of drug-likeness (QED) is 0.466. The maximum absolute atomic E-state index is 2.43. The Labute approximate surface area is 178 Å². The van der Waals surface area contributed by atoms with E-state index >= 15 is 0 Å². The molecule has 0 spiro atoms. The van der Waals surface area contributed by atoms with Gasteiger partial charge in [-0.3, -0.25) is 0 Å². The van der Waals surface area contributed by atoms with Crippen molar-refractivity contribution >= 4 is 17.7 Å². The minimum Gasteiger partial charge on any atom is -0.230 e. The van der Waals surface area contributed by atoms with Gasteiger partial charge in [-0.2, -0.15) is 0 Å². The first kappa shape index (κ1) is 21.6. The summed E-state index contributed by atoms with van der Waals surface area (Å²) in [6.45, 7) is 20.3. The molecule has 0 aromatic heterocycles. The summed E-state index contributed by atoms with van der Waals surface area (Å²) in [5.74, 6) is 2.18. The molecule has 2 aromatic carbocycles. The van der Waals surface area contributed by atoms with Gasteiger partial charge in [-0.05, 0) is 70.2 Å². The van der Waals surface area contributed by atoms with E-state index in [-0.39, 0.29) is 0 Å². The summed E-state index contributed by atoms with van der Waals surface area (Å²) >= 11 is 0. The third-order valence-electron chi connectivity index (χ3n) is 6.12. The van der Waals surface area contributed by atoms with Crippen molar-refractivity contribution in [3.8, 4) is 0 Å². The second kappa shape index (κ2) is 8.73. The van der Waals surface area contributed by atoms with Gasteiger partial charge in [0.05, 0.1) is 0 Å². The average Bonchev–Trinajstić information content (AvgIpc) is 3.17. The summed E-state index contributed by atoms with van der Waals surface area (Å²) in [5.41, 5.74) is 8.38. The zero-order chi connectivity index (χ0) is 21.3. The van der Waals surface area contributed by atoms with Crippen molar-refractivity contribution in [2.45, 2.75) is 79.1 Å². The number of hydrogen-bond donors (Lipinski definition) is 0. The molecule has 0 N–H and O–H groups in total. The summed E-state index contributed by atoms with van der Waals surface area (Å²) in [5, 5.41) is 0.